The largest absolute Gasteiger partial charge is 0.399 e. The van der Waals surface area contributed by atoms with E-state index in [1.165, 1.54) is 18.9 Å². The fraction of sp³-hybridized carbons (Fsp3) is 0.571. The summed E-state index contributed by atoms with van der Waals surface area (Å²) in [5.41, 5.74) is 6.97. The number of rotatable bonds is 7. The second-order valence-corrected chi connectivity index (χ2v) is 7.07. The molecular formula is C14H23N3O2S. The maximum absolute atomic E-state index is 12.3. The molecule has 1 saturated carbocycles. The van der Waals surface area contributed by atoms with E-state index >= 15 is 0 Å². The fourth-order valence-electron chi connectivity index (χ4n) is 2.25. The third-order valence-corrected chi connectivity index (χ3v) is 5.23. The van der Waals surface area contributed by atoms with Crippen LogP contribution in [0.15, 0.2) is 23.1 Å². The first kappa shape index (κ1) is 15.3. The van der Waals surface area contributed by atoms with E-state index in [-0.39, 0.29) is 0 Å². The topological polar surface area (TPSA) is 75.4 Å². The van der Waals surface area contributed by atoms with Crippen LogP contribution in [0.2, 0.25) is 0 Å². The highest BCUT2D eigenvalue weighted by Gasteiger charge is 2.26. The lowest BCUT2D eigenvalue weighted by atomic mass is 10.1. The summed E-state index contributed by atoms with van der Waals surface area (Å²) in [5.74, 6) is 0. The number of anilines is 1. The predicted octanol–water partition coefficient (Wildman–Crippen LogP) is 1.20. The molecule has 5 nitrogen and oxygen atoms in total. The van der Waals surface area contributed by atoms with Crippen molar-refractivity contribution in [2.75, 3.05) is 25.9 Å². The van der Waals surface area contributed by atoms with E-state index in [0.29, 0.717) is 29.6 Å². The second kappa shape index (κ2) is 6.11. The van der Waals surface area contributed by atoms with Gasteiger partial charge in [0.15, 0.2) is 0 Å². The Morgan fingerprint density at radius 1 is 1.40 bits per heavy atom. The molecule has 1 aromatic carbocycles. The number of sulfonamides is 1. The van der Waals surface area contributed by atoms with E-state index in [4.69, 9.17) is 5.73 Å². The lowest BCUT2D eigenvalue weighted by Crippen LogP contribution is -2.34. The Morgan fingerprint density at radius 3 is 2.70 bits per heavy atom. The Bertz CT molecular complexity index is 568. The van der Waals surface area contributed by atoms with Crippen LogP contribution in [0.1, 0.15) is 25.3 Å². The molecule has 20 heavy (non-hydrogen) atoms. The highest BCUT2D eigenvalue weighted by molar-refractivity contribution is 7.89. The van der Waals surface area contributed by atoms with Gasteiger partial charge in [0, 0.05) is 24.8 Å². The van der Waals surface area contributed by atoms with Crippen LogP contribution in [0.25, 0.3) is 0 Å². The van der Waals surface area contributed by atoms with Gasteiger partial charge in [0.1, 0.15) is 0 Å². The Morgan fingerprint density at radius 2 is 2.10 bits per heavy atom. The summed E-state index contributed by atoms with van der Waals surface area (Å²) in [6.45, 7) is 3.09. The smallest absolute Gasteiger partial charge is 0.240 e. The monoisotopic (exact) mass is 297 g/mol. The molecule has 2 rings (SSSR count). The number of nitrogens with one attached hydrogen (secondary N) is 1. The number of hydrogen-bond acceptors (Lipinski definition) is 4. The Balaban J connectivity index is 2.03. The fourth-order valence-corrected chi connectivity index (χ4v) is 3.61. The van der Waals surface area contributed by atoms with Gasteiger partial charge in [-0.1, -0.05) is 13.0 Å². The zero-order chi connectivity index (χ0) is 14.8. The van der Waals surface area contributed by atoms with E-state index in [1.807, 2.05) is 14.0 Å². The molecular weight excluding hydrogens is 274 g/mol. The van der Waals surface area contributed by atoms with Crippen LogP contribution in [0.3, 0.4) is 0 Å². The van der Waals surface area contributed by atoms with Gasteiger partial charge in [-0.25, -0.2) is 13.1 Å². The molecule has 112 valence electrons. The summed E-state index contributed by atoms with van der Waals surface area (Å²) in [6, 6.07) is 5.68. The Hall–Kier alpha value is -1.11. The SMILES string of the molecule is CCc1ccc(N)cc1S(=O)(=O)NCCN(C)C1CC1. The van der Waals surface area contributed by atoms with Gasteiger partial charge in [-0.05, 0) is 44.0 Å². The maximum atomic E-state index is 12.3. The van der Waals surface area contributed by atoms with Crippen LogP contribution in [0, 0.1) is 0 Å². The molecule has 0 aromatic heterocycles. The minimum atomic E-state index is -3.48. The van der Waals surface area contributed by atoms with Gasteiger partial charge in [-0.15, -0.1) is 0 Å². The molecule has 0 heterocycles. The standard InChI is InChI=1S/C14H23N3O2S/c1-3-11-4-5-12(15)10-14(11)20(18,19)16-8-9-17(2)13-6-7-13/h4-5,10,13,16H,3,6-9,15H2,1-2H3. The first-order chi connectivity index (χ1) is 9.44. The molecule has 1 aliphatic rings. The summed E-state index contributed by atoms with van der Waals surface area (Å²) in [7, 11) is -1.45. The van der Waals surface area contributed by atoms with E-state index in [9.17, 15) is 8.42 Å². The van der Waals surface area contributed by atoms with Crippen LogP contribution in [0.4, 0.5) is 5.69 Å². The van der Waals surface area contributed by atoms with Crippen molar-refractivity contribution >= 4 is 15.7 Å². The van der Waals surface area contributed by atoms with Gasteiger partial charge in [0.2, 0.25) is 10.0 Å². The summed E-state index contributed by atoms with van der Waals surface area (Å²) >= 11 is 0. The molecule has 0 radical (unpaired) electrons. The van der Waals surface area contributed by atoms with E-state index in [1.54, 1.807) is 12.1 Å². The van der Waals surface area contributed by atoms with E-state index in [0.717, 1.165) is 12.1 Å². The molecule has 0 aliphatic heterocycles. The summed E-state index contributed by atoms with van der Waals surface area (Å²) in [4.78, 5) is 2.50. The average Bonchev–Trinajstić information content (AvgIpc) is 3.22. The summed E-state index contributed by atoms with van der Waals surface area (Å²) < 4.78 is 27.4. The van der Waals surface area contributed by atoms with Gasteiger partial charge >= 0.3 is 0 Å². The number of likely N-dealkylation sites (N-methyl/N-ethyl adjacent to an activating group) is 1. The summed E-state index contributed by atoms with van der Waals surface area (Å²) in [6.07, 6.45) is 3.11. The maximum Gasteiger partial charge on any atom is 0.240 e. The van der Waals surface area contributed by atoms with Gasteiger partial charge < -0.3 is 10.6 Å². The van der Waals surface area contributed by atoms with Crippen LogP contribution in [-0.4, -0.2) is 39.5 Å². The molecule has 1 fully saturated rings. The quantitative estimate of drug-likeness (QED) is 0.742. The van der Waals surface area contributed by atoms with Crippen molar-refractivity contribution in [1.82, 2.24) is 9.62 Å². The number of nitrogen functional groups attached to an aromatic ring is 1. The molecule has 1 aromatic rings. The number of benzene rings is 1. The zero-order valence-electron chi connectivity index (χ0n) is 12.1. The van der Waals surface area contributed by atoms with Crippen molar-refractivity contribution in [1.29, 1.82) is 0 Å². The van der Waals surface area contributed by atoms with Gasteiger partial charge in [-0.2, -0.15) is 0 Å². The minimum absolute atomic E-state index is 0.300. The van der Waals surface area contributed by atoms with Crippen LogP contribution >= 0.6 is 0 Å². The number of nitrogens with zero attached hydrogens (tertiary/aromatic N) is 1. The van der Waals surface area contributed by atoms with E-state index in [2.05, 4.69) is 9.62 Å². The summed E-state index contributed by atoms with van der Waals surface area (Å²) in [5, 5.41) is 0. The Labute approximate surface area is 121 Å². The molecule has 0 atom stereocenters. The molecule has 3 N–H and O–H groups in total. The molecule has 0 amide bonds. The molecule has 0 bridgehead atoms. The number of aryl methyl sites for hydroxylation is 1. The van der Waals surface area contributed by atoms with Crippen molar-refractivity contribution in [2.24, 2.45) is 0 Å². The van der Waals surface area contributed by atoms with Crippen molar-refractivity contribution in [3.63, 3.8) is 0 Å². The molecule has 0 spiro atoms. The highest BCUT2D eigenvalue weighted by Crippen LogP contribution is 2.24. The van der Waals surface area contributed by atoms with Crippen molar-refractivity contribution in [3.05, 3.63) is 23.8 Å². The minimum Gasteiger partial charge on any atom is -0.399 e. The normalized spacial score (nSPS) is 15.8. The zero-order valence-corrected chi connectivity index (χ0v) is 12.9. The lowest BCUT2D eigenvalue weighted by Gasteiger charge is -2.16. The highest BCUT2D eigenvalue weighted by atomic mass is 32.2. The van der Waals surface area contributed by atoms with Crippen molar-refractivity contribution < 1.29 is 8.42 Å². The molecule has 1 aliphatic carbocycles. The number of hydrogen-bond donors (Lipinski definition) is 2. The number of nitrogens with two attached hydrogens (primary N) is 1. The van der Waals surface area contributed by atoms with Gasteiger partial charge in [-0.3, -0.25) is 0 Å². The first-order valence-corrected chi connectivity index (χ1v) is 8.50. The van der Waals surface area contributed by atoms with Crippen molar-refractivity contribution in [3.8, 4) is 0 Å². The second-order valence-electron chi connectivity index (χ2n) is 5.33. The van der Waals surface area contributed by atoms with Crippen molar-refractivity contribution in [2.45, 2.75) is 37.1 Å². The van der Waals surface area contributed by atoms with Gasteiger partial charge in [0.05, 0.1) is 4.90 Å². The van der Waals surface area contributed by atoms with Gasteiger partial charge in [0.25, 0.3) is 0 Å². The Kier molecular flexibility index (Phi) is 4.67. The van der Waals surface area contributed by atoms with Crippen LogP contribution in [0.5, 0.6) is 0 Å². The third kappa shape index (κ3) is 3.71. The third-order valence-electron chi connectivity index (χ3n) is 3.69. The molecule has 0 saturated heterocycles. The van der Waals surface area contributed by atoms with Crippen LogP contribution < -0.4 is 10.5 Å². The predicted molar refractivity (Wildman–Crippen MR) is 81.1 cm³/mol. The molecule has 6 heteroatoms. The van der Waals surface area contributed by atoms with Crippen LogP contribution in [-0.2, 0) is 16.4 Å². The first-order valence-electron chi connectivity index (χ1n) is 7.02. The average molecular weight is 297 g/mol. The van der Waals surface area contributed by atoms with E-state index < -0.39 is 10.0 Å². The molecule has 0 unspecified atom stereocenters. The lowest BCUT2D eigenvalue weighted by molar-refractivity contribution is 0.329.